The molecular weight excluding hydrogens is 530 g/mol. The zero-order valence-electron chi connectivity index (χ0n) is 23.8. The highest BCUT2D eigenvalue weighted by atomic mass is 32.2. The fourth-order valence-electron chi connectivity index (χ4n) is 4.34. The largest absolute Gasteiger partial charge is 0.611 e. The van der Waals surface area contributed by atoms with Gasteiger partial charge in [-0.1, -0.05) is 50.6 Å². The maximum atomic E-state index is 12.9. The SMILES string of the molecule is CCCCOCCOc1ccc(-c2ccc(C#N)c(/C=C/c3ccc([S+]([O-])Cc4cncn4CCC)cc3)c2)cc1. The molecule has 0 fully saturated rings. The number of unbranched alkanes of at least 4 members (excludes halogenated alkanes) is 1. The molecule has 0 saturated carbocycles. The highest BCUT2D eigenvalue weighted by Gasteiger charge is 2.15. The van der Waals surface area contributed by atoms with Crippen molar-refractivity contribution in [3.8, 4) is 22.9 Å². The summed E-state index contributed by atoms with van der Waals surface area (Å²) in [6, 6.07) is 23.8. The van der Waals surface area contributed by atoms with Gasteiger partial charge in [0.05, 0.1) is 36.5 Å². The Labute approximate surface area is 246 Å². The van der Waals surface area contributed by atoms with Crippen molar-refractivity contribution in [2.45, 2.75) is 50.3 Å². The Bertz CT molecular complexity index is 1440. The van der Waals surface area contributed by atoms with Crippen LogP contribution in [0.25, 0.3) is 23.3 Å². The molecule has 6 nitrogen and oxygen atoms in total. The van der Waals surface area contributed by atoms with Gasteiger partial charge in [-0.3, -0.25) is 0 Å². The molecule has 0 radical (unpaired) electrons. The molecule has 1 aromatic heterocycles. The number of ether oxygens (including phenoxy) is 2. The molecule has 7 heteroatoms. The first-order valence-corrected chi connectivity index (χ1v) is 15.4. The first-order chi connectivity index (χ1) is 20.1. The molecule has 0 aliphatic carbocycles. The maximum Gasteiger partial charge on any atom is 0.153 e. The van der Waals surface area contributed by atoms with Crippen molar-refractivity contribution in [3.05, 3.63) is 102 Å². The van der Waals surface area contributed by atoms with Crippen LogP contribution in [-0.2, 0) is 28.2 Å². The summed E-state index contributed by atoms with van der Waals surface area (Å²) in [4.78, 5) is 4.99. The van der Waals surface area contributed by atoms with E-state index in [4.69, 9.17) is 9.47 Å². The molecule has 4 rings (SSSR count). The summed E-state index contributed by atoms with van der Waals surface area (Å²) in [6.07, 6.45) is 10.7. The Hall–Kier alpha value is -3.83. The van der Waals surface area contributed by atoms with Crippen molar-refractivity contribution in [1.82, 2.24) is 9.55 Å². The van der Waals surface area contributed by atoms with Crippen LogP contribution in [0.15, 0.2) is 84.1 Å². The number of nitrogens with zero attached hydrogens (tertiary/aromatic N) is 3. The lowest BCUT2D eigenvalue weighted by Crippen LogP contribution is -2.09. The van der Waals surface area contributed by atoms with Crippen LogP contribution in [-0.4, -0.2) is 33.9 Å². The van der Waals surface area contributed by atoms with Crippen molar-refractivity contribution in [3.63, 3.8) is 0 Å². The maximum absolute atomic E-state index is 12.9. The van der Waals surface area contributed by atoms with Gasteiger partial charge in [0.2, 0.25) is 0 Å². The van der Waals surface area contributed by atoms with Gasteiger partial charge >= 0.3 is 0 Å². The quantitative estimate of drug-likeness (QED) is 0.0843. The van der Waals surface area contributed by atoms with Gasteiger partial charge in [-0.2, -0.15) is 5.26 Å². The number of hydrogen-bond acceptors (Lipinski definition) is 5. The van der Waals surface area contributed by atoms with Crippen molar-refractivity contribution in [2.75, 3.05) is 19.8 Å². The van der Waals surface area contributed by atoms with E-state index in [2.05, 4.69) is 29.5 Å². The number of rotatable bonds is 15. The highest BCUT2D eigenvalue weighted by Crippen LogP contribution is 2.26. The van der Waals surface area contributed by atoms with E-state index < -0.39 is 11.2 Å². The molecule has 41 heavy (non-hydrogen) atoms. The standard InChI is InChI=1S/C34H37N3O3S/c1-3-5-19-39-20-21-40-33-14-12-28(13-15-33)29-10-11-31(23-35)30(22-29)9-6-27-7-16-34(17-8-27)41(38)25-32-24-36-26-37(32)18-4-2/h6-17,22,24,26H,3-5,18-21,25H2,1-2H3/b9-6+. The number of imidazole rings is 1. The van der Waals surface area contributed by atoms with E-state index in [1.165, 1.54) is 0 Å². The van der Waals surface area contributed by atoms with Crippen molar-refractivity contribution in [1.29, 1.82) is 5.26 Å². The van der Waals surface area contributed by atoms with Crippen LogP contribution in [0.4, 0.5) is 0 Å². The van der Waals surface area contributed by atoms with Crippen molar-refractivity contribution in [2.24, 2.45) is 0 Å². The molecule has 1 heterocycles. The summed E-state index contributed by atoms with van der Waals surface area (Å²) < 4.78 is 26.3. The van der Waals surface area contributed by atoms with Crippen LogP contribution >= 0.6 is 0 Å². The fraction of sp³-hybridized carbons (Fsp3) is 0.294. The summed E-state index contributed by atoms with van der Waals surface area (Å²) >= 11 is -1.15. The van der Waals surface area contributed by atoms with Crippen LogP contribution in [0.5, 0.6) is 5.75 Å². The third kappa shape index (κ3) is 8.83. The molecule has 1 atom stereocenters. The first kappa shape index (κ1) is 30.1. The average Bonchev–Trinajstić information content (AvgIpc) is 3.44. The first-order valence-electron chi connectivity index (χ1n) is 14.1. The molecule has 0 spiro atoms. The van der Waals surface area contributed by atoms with E-state index in [1.807, 2.05) is 78.9 Å². The Morgan fingerprint density at radius 3 is 2.44 bits per heavy atom. The minimum atomic E-state index is -1.15. The second-order valence-corrected chi connectivity index (χ2v) is 11.2. The number of aryl methyl sites for hydroxylation is 1. The molecule has 0 aliphatic rings. The number of benzene rings is 3. The Balaban J connectivity index is 1.39. The zero-order chi connectivity index (χ0) is 28.9. The van der Waals surface area contributed by atoms with Gasteiger partial charge in [0, 0.05) is 13.2 Å². The summed E-state index contributed by atoms with van der Waals surface area (Å²) in [7, 11) is 0. The Morgan fingerprint density at radius 2 is 1.71 bits per heavy atom. The van der Waals surface area contributed by atoms with Crippen LogP contribution in [0.2, 0.25) is 0 Å². The fourth-order valence-corrected chi connectivity index (χ4v) is 5.45. The average molecular weight is 568 g/mol. The predicted molar refractivity (Wildman–Crippen MR) is 166 cm³/mol. The normalized spacial score (nSPS) is 12.0. The van der Waals surface area contributed by atoms with Crippen LogP contribution in [0, 0.1) is 11.3 Å². The molecule has 4 aromatic rings. The van der Waals surface area contributed by atoms with Crippen LogP contribution < -0.4 is 4.74 Å². The smallest absolute Gasteiger partial charge is 0.153 e. The lowest BCUT2D eigenvalue weighted by molar-refractivity contribution is 0.0981. The van der Waals surface area contributed by atoms with E-state index >= 15 is 0 Å². The van der Waals surface area contributed by atoms with Crippen LogP contribution in [0.1, 0.15) is 55.5 Å². The molecule has 0 bridgehead atoms. The van der Waals surface area contributed by atoms with E-state index in [1.54, 1.807) is 12.5 Å². The predicted octanol–water partition coefficient (Wildman–Crippen LogP) is 7.51. The van der Waals surface area contributed by atoms with Gasteiger partial charge in [0.1, 0.15) is 12.4 Å². The van der Waals surface area contributed by atoms with E-state index in [9.17, 15) is 9.81 Å². The molecule has 0 N–H and O–H groups in total. The summed E-state index contributed by atoms with van der Waals surface area (Å²) in [5.41, 5.74) is 5.46. The molecule has 212 valence electrons. The third-order valence-electron chi connectivity index (χ3n) is 6.64. The van der Waals surface area contributed by atoms with Crippen molar-refractivity contribution < 1.29 is 14.0 Å². The Kier molecular flexibility index (Phi) is 11.6. The lowest BCUT2D eigenvalue weighted by atomic mass is 9.98. The third-order valence-corrected chi connectivity index (χ3v) is 7.99. The topological polar surface area (TPSA) is 83.1 Å². The number of aromatic nitrogens is 2. The summed E-state index contributed by atoms with van der Waals surface area (Å²) in [5.74, 6) is 1.24. The number of hydrogen-bond donors (Lipinski definition) is 0. The van der Waals surface area contributed by atoms with E-state index in [0.717, 1.165) is 71.0 Å². The van der Waals surface area contributed by atoms with E-state index in [0.29, 0.717) is 24.5 Å². The van der Waals surface area contributed by atoms with Gasteiger partial charge in [0.25, 0.3) is 0 Å². The second-order valence-electron chi connectivity index (χ2n) is 9.72. The van der Waals surface area contributed by atoms with Gasteiger partial charge in [0.15, 0.2) is 10.6 Å². The monoisotopic (exact) mass is 567 g/mol. The lowest BCUT2D eigenvalue weighted by Gasteiger charge is -2.12. The van der Waals surface area contributed by atoms with Gasteiger partial charge in [-0.05, 0) is 94.8 Å². The minimum Gasteiger partial charge on any atom is -0.611 e. The van der Waals surface area contributed by atoms with E-state index in [-0.39, 0.29) is 0 Å². The molecule has 3 aromatic carbocycles. The van der Waals surface area contributed by atoms with Crippen molar-refractivity contribution >= 4 is 23.3 Å². The molecule has 0 amide bonds. The highest BCUT2D eigenvalue weighted by molar-refractivity contribution is 7.90. The molecular formula is C34H37N3O3S. The zero-order valence-corrected chi connectivity index (χ0v) is 24.6. The van der Waals surface area contributed by atoms with Gasteiger partial charge in [-0.15, -0.1) is 0 Å². The van der Waals surface area contributed by atoms with Crippen LogP contribution in [0.3, 0.4) is 0 Å². The van der Waals surface area contributed by atoms with Gasteiger partial charge in [-0.25, -0.2) is 4.98 Å². The molecule has 0 saturated heterocycles. The second kappa shape index (κ2) is 15.8. The number of nitriles is 1. The molecule has 0 aliphatic heterocycles. The Morgan fingerprint density at radius 1 is 0.927 bits per heavy atom. The summed E-state index contributed by atoms with van der Waals surface area (Å²) in [5, 5.41) is 9.67. The minimum absolute atomic E-state index is 0.439. The van der Waals surface area contributed by atoms with Gasteiger partial charge < -0.3 is 18.6 Å². The molecule has 1 unspecified atom stereocenters. The summed E-state index contributed by atoms with van der Waals surface area (Å²) in [6.45, 7) is 7.01.